The van der Waals surface area contributed by atoms with E-state index in [4.69, 9.17) is 0 Å². The fraction of sp³-hybridized carbons (Fsp3) is 0.684. The summed E-state index contributed by atoms with van der Waals surface area (Å²) >= 11 is 1.88. The minimum atomic E-state index is -0.192. The van der Waals surface area contributed by atoms with Crippen LogP contribution in [0.3, 0.4) is 0 Å². The van der Waals surface area contributed by atoms with Crippen molar-refractivity contribution in [3.63, 3.8) is 0 Å². The van der Waals surface area contributed by atoms with Gasteiger partial charge in [-0.05, 0) is 31.9 Å². The molecule has 2 rings (SSSR count). The van der Waals surface area contributed by atoms with Crippen LogP contribution in [0.1, 0.15) is 71.1 Å². The second kappa shape index (κ2) is 8.85. The largest absolute Gasteiger partial charge is 0.392 e. The molecular weight excluding hydrogens is 276 g/mol. The van der Waals surface area contributed by atoms with Gasteiger partial charge in [-0.1, -0.05) is 69.6 Å². The first-order chi connectivity index (χ1) is 10.2. The highest BCUT2D eigenvalue weighted by molar-refractivity contribution is 8.00. The Bertz CT molecular complexity index is 392. The van der Waals surface area contributed by atoms with E-state index in [-0.39, 0.29) is 10.9 Å². The summed E-state index contributed by atoms with van der Waals surface area (Å²) in [5, 5.41) is 10.8. The minimum Gasteiger partial charge on any atom is -0.392 e. The predicted molar refractivity (Wildman–Crippen MR) is 92.9 cm³/mol. The summed E-state index contributed by atoms with van der Waals surface area (Å²) in [7, 11) is 0. The third-order valence-electron chi connectivity index (χ3n) is 4.70. The van der Waals surface area contributed by atoms with Gasteiger partial charge in [0.05, 0.1) is 6.10 Å². The van der Waals surface area contributed by atoms with E-state index in [2.05, 4.69) is 37.3 Å². The van der Waals surface area contributed by atoms with Crippen molar-refractivity contribution in [1.82, 2.24) is 0 Å². The normalized spacial score (nSPS) is 29.3. The van der Waals surface area contributed by atoms with Gasteiger partial charge < -0.3 is 5.11 Å². The molecule has 118 valence electrons. The van der Waals surface area contributed by atoms with Crippen molar-refractivity contribution >= 4 is 11.8 Å². The topological polar surface area (TPSA) is 20.2 Å². The maximum absolute atomic E-state index is 10.8. The Kier molecular flexibility index (Phi) is 7.12. The van der Waals surface area contributed by atoms with Crippen LogP contribution in [0.2, 0.25) is 0 Å². The van der Waals surface area contributed by atoms with Crippen molar-refractivity contribution < 1.29 is 5.11 Å². The van der Waals surface area contributed by atoms with Gasteiger partial charge in [-0.25, -0.2) is 0 Å². The standard InChI is InChI=1S/C19H30OS/c1-19(21-17-13-9-8-10-14-17)16-12-7-5-3-2-4-6-11-15-18(19)20/h8-10,13-14,18,20H,2-7,11-12,15-16H2,1H3. The van der Waals surface area contributed by atoms with Gasteiger partial charge in [0.2, 0.25) is 0 Å². The van der Waals surface area contributed by atoms with Crippen molar-refractivity contribution in [2.75, 3.05) is 0 Å². The van der Waals surface area contributed by atoms with Crippen LogP contribution in [0.5, 0.6) is 0 Å². The first-order valence-corrected chi connectivity index (χ1v) is 9.44. The molecule has 1 fully saturated rings. The molecule has 2 unspecified atom stereocenters. The molecule has 0 saturated heterocycles. The van der Waals surface area contributed by atoms with E-state index >= 15 is 0 Å². The molecule has 1 nitrogen and oxygen atoms in total. The van der Waals surface area contributed by atoms with Crippen LogP contribution in [0, 0.1) is 0 Å². The van der Waals surface area contributed by atoms with Crippen LogP contribution < -0.4 is 0 Å². The molecule has 0 spiro atoms. The lowest BCUT2D eigenvalue weighted by molar-refractivity contribution is 0.116. The van der Waals surface area contributed by atoms with Crippen molar-refractivity contribution in [3.8, 4) is 0 Å². The van der Waals surface area contributed by atoms with Gasteiger partial charge in [-0.3, -0.25) is 0 Å². The van der Waals surface area contributed by atoms with Gasteiger partial charge in [0.1, 0.15) is 0 Å². The summed E-state index contributed by atoms with van der Waals surface area (Å²) in [5.74, 6) is 0. The number of benzene rings is 1. The Labute approximate surface area is 134 Å². The van der Waals surface area contributed by atoms with E-state index in [1.165, 1.54) is 56.3 Å². The van der Waals surface area contributed by atoms with E-state index in [0.717, 1.165) is 12.8 Å². The van der Waals surface area contributed by atoms with E-state index < -0.39 is 0 Å². The number of aliphatic hydroxyl groups excluding tert-OH is 1. The summed E-state index contributed by atoms with van der Waals surface area (Å²) in [5.41, 5.74) is 0. The summed E-state index contributed by atoms with van der Waals surface area (Å²) in [6.45, 7) is 2.26. The zero-order valence-corrected chi connectivity index (χ0v) is 14.2. The number of hydrogen-bond donors (Lipinski definition) is 1. The minimum absolute atomic E-state index is 0.0411. The molecule has 1 aromatic carbocycles. The molecule has 0 aliphatic heterocycles. The number of hydrogen-bond acceptors (Lipinski definition) is 2. The summed E-state index contributed by atoms with van der Waals surface area (Å²) < 4.78 is -0.0411. The highest BCUT2D eigenvalue weighted by Gasteiger charge is 2.33. The third-order valence-corrected chi connectivity index (χ3v) is 6.15. The Morgan fingerprint density at radius 3 is 2.14 bits per heavy atom. The van der Waals surface area contributed by atoms with Crippen LogP contribution in [0.25, 0.3) is 0 Å². The molecule has 2 heteroatoms. The van der Waals surface area contributed by atoms with E-state index in [0.29, 0.717) is 0 Å². The van der Waals surface area contributed by atoms with E-state index in [1.54, 1.807) is 0 Å². The molecule has 1 saturated carbocycles. The van der Waals surface area contributed by atoms with Crippen molar-refractivity contribution in [1.29, 1.82) is 0 Å². The summed E-state index contributed by atoms with van der Waals surface area (Å²) in [6.07, 6.45) is 12.4. The molecule has 0 aromatic heterocycles. The van der Waals surface area contributed by atoms with Crippen LogP contribution in [-0.4, -0.2) is 16.0 Å². The first kappa shape index (κ1) is 16.9. The van der Waals surface area contributed by atoms with Crippen LogP contribution in [0.15, 0.2) is 35.2 Å². The molecule has 0 heterocycles. The van der Waals surface area contributed by atoms with Crippen molar-refractivity contribution in [2.24, 2.45) is 0 Å². The second-order valence-corrected chi connectivity index (χ2v) is 8.22. The maximum atomic E-state index is 10.8. The second-order valence-electron chi connectivity index (χ2n) is 6.61. The van der Waals surface area contributed by atoms with Crippen LogP contribution >= 0.6 is 11.8 Å². The molecule has 21 heavy (non-hydrogen) atoms. The number of rotatable bonds is 2. The molecule has 2 atom stereocenters. The van der Waals surface area contributed by atoms with Gasteiger partial charge in [-0.2, -0.15) is 0 Å². The van der Waals surface area contributed by atoms with Gasteiger partial charge in [-0.15, -0.1) is 11.8 Å². The lowest BCUT2D eigenvalue weighted by atomic mass is 9.91. The van der Waals surface area contributed by atoms with Gasteiger partial charge >= 0.3 is 0 Å². The monoisotopic (exact) mass is 306 g/mol. The van der Waals surface area contributed by atoms with Crippen LogP contribution in [-0.2, 0) is 0 Å². The molecule has 1 N–H and O–H groups in total. The summed E-state index contributed by atoms with van der Waals surface area (Å²) in [6, 6.07) is 10.6. The zero-order chi connectivity index (χ0) is 15.0. The molecule has 1 aliphatic rings. The lowest BCUT2D eigenvalue weighted by Gasteiger charge is -2.34. The quantitative estimate of drug-likeness (QED) is 0.743. The average molecular weight is 307 g/mol. The van der Waals surface area contributed by atoms with Crippen molar-refractivity contribution in [3.05, 3.63) is 30.3 Å². The average Bonchev–Trinajstić information content (AvgIpc) is 2.48. The Balaban J connectivity index is 2.02. The molecule has 1 aliphatic carbocycles. The Hall–Kier alpha value is -0.470. The van der Waals surface area contributed by atoms with Gasteiger partial charge in [0.15, 0.2) is 0 Å². The SMILES string of the molecule is CC1(Sc2ccccc2)CCCCCCCCCCC1O. The van der Waals surface area contributed by atoms with Crippen molar-refractivity contribution in [2.45, 2.75) is 86.9 Å². The Morgan fingerprint density at radius 2 is 1.48 bits per heavy atom. The molecule has 0 amide bonds. The highest BCUT2D eigenvalue weighted by Crippen LogP contribution is 2.41. The predicted octanol–water partition coefficient (Wildman–Crippen LogP) is 5.81. The smallest absolute Gasteiger partial charge is 0.0687 e. The highest BCUT2D eigenvalue weighted by atomic mass is 32.2. The molecular formula is C19H30OS. The third kappa shape index (κ3) is 5.67. The zero-order valence-electron chi connectivity index (χ0n) is 13.4. The van der Waals surface area contributed by atoms with E-state index in [9.17, 15) is 5.11 Å². The molecule has 1 aromatic rings. The number of thioether (sulfide) groups is 1. The first-order valence-electron chi connectivity index (χ1n) is 8.63. The fourth-order valence-electron chi connectivity index (χ4n) is 3.22. The van der Waals surface area contributed by atoms with Gasteiger partial charge in [0.25, 0.3) is 0 Å². The van der Waals surface area contributed by atoms with E-state index in [1.807, 2.05) is 11.8 Å². The summed E-state index contributed by atoms with van der Waals surface area (Å²) in [4.78, 5) is 1.28. The van der Waals surface area contributed by atoms with Crippen LogP contribution in [0.4, 0.5) is 0 Å². The molecule has 0 bridgehead atoms. The van der Waals surface area contributed by atoms with Gasteiger partial charge in [0, 0.05) is 9.64 Å². The fourth-order valence-corrected chi connectivity index (χ4v) is 4.56. The Morgan fingerprint density at radius 1 is 0.905 bits per heavy atom. The lowest BCUT2D eigenvalue weighted by Crippen LogP contribution is -2.36. The molecule has 0 radical (unpaired) electrons. The maximum Gasteiger partial charge on any atom is 0.0687 e. The number of aliphatic hydroxyl groups is 1.